The lowest BCUT2D eigenvalue weighted by Gasteiger charge is -2.21. The smallest absolute Gasteiger partial charge is 0.319 e. The molecule has 2 aromatic carbocycles. The number of anilines is 1. The van der Waals surface area contributed by atoms with Crippen LogP contribution in [0, 0.1) is 0 Å². The lowest BCUT2D eigenvalue weighted by atomic mass is 9.90. The minimum Gasteiger partial charge on any atom is -0.394 e. The van der Waals surface area contributed by atoms with Crippen molar-refractivity contribution >= 4 is 11.7 Å². The number of benzene rings is 2. The quantitative estimate of drug-likeness (QED) is 0.810. The van der Waals surface area contributed by atoms with Gasteiger partial charge in [-0.2, -0.15) is 0 Å². The Kier molecular flexibility index (Phi) is 4.93. The van der Waals surface area contributed by atoms with Crippen molar-refractivity contribution in [1.82, 2.24) is 5.32 Å². The Morgan fingerprint density at radius 2 is 1.83 bits per heavy atom. The van der Waals surface area contributed by atoms with Crippen molar-refractivity contribution in [2.75, 3.05) is 11.9 Å². The first-order valence-corrected chi connectivity index (χ1v) is 8.12. The van der Waals surface area contributed by atoms with Crippen molar-refractivity contribution in [3.63, 3.8) is 0 Å². The summed E-state index contributed by atoms with van der Waals surface area (Å²) < 4.78 is 0. The van der Waals surface area contributed by atoms with Gasteiger partial charge in [0.2, 0.25) is 0 Å². The molecule has 0 spiro atoms. The lowest BCUT2D eigenvalue weighted by Crippen LogP contribution is -2.34. The van der Waals surface area contributed by atoms with Gasteiger partial charge in [-0.1, -0.05) is 42.5 Å². The number of aliphatic hydroxyl groups is 1. The van der Waals surface area contributed by atoms with E-state index in [0.29, 0.717) is 0 Å². The van der Waals surface area contributed by atoms with Crippen molar-refractivity contribution in [2.24, 2.45) is 0 Å². The molecule has 1 atom stereocenters. The number of fused-ring (bicyclic) bond motifs is 1. The Morgan fingerprint density at radius 3 is 2.61 bits per heavy atom. The largest absolute Gasteiger partial charge is 0.394 e. The second-order valence-corrected chi connectivity index (χ2v) is 5.89. The first kappa shape index (κ1) is 15.6. The minimum atomic E-state index is -0.407. The molecule has 0 saturated carbocycles. The zero-order valence-corrected chi connectivity index (χ0v) is 13.1. The number of hydrogen-bond acceptors (Lipinski definition) is 2. The highest BCUT2D eigenvalue weighted by molar-refractivity contribution is 5.90. The molecule has 2 amide bonds. The van der Waals surface area contributed by atoms with E-state index in [1.165, 1.54) is 17.5 Å². The topological polar surface area (TPSA) is 61.4 Å². The maximum absolute atomic E-state index is 12.3. The number of nitrogens with one attached hydrogen (secondary N) is 2. The molecule has 120 valence electrons. The van der Waals surface area contributed by atoms with Crippen LogP contribution in [0.15, 0.2) is 48.5 Å². The first-order chi connectivity index (χ1) is 11.3. The van der Waals surface area contributed by atoms with Gasteiger partial charge >= 0.3 is 6.03 Å². The second-order valence-electron chi connectivity index (χ2n) is 5.89. The monoisotopic (exact) mass is 310 g/mol. The fourth-order valence-electron chi connectivity index (χ4n) is 3.13. The Balaban J connectivity index is 1.70. The van der Waals surface area contributed by atoms with Crippen LogP contribution < -0.4 is 10.6 Å². The molecule has 0 bridgehead atoms. The molecule has 3 N–H and O–H groups in total. The van der Waals surface area contributed by atoms with Crippen LogP contribution in [0.2, 0.25) is 0 Å². The van der Waals surface area contributed by atoms with Crippen LogP contribution in [-0.4, -0.2) is 17.7 Å². The summed E-state index contributed by atoms with van der Waals surface area (Å²) in [5.41, 5.74) is 4.34. The van der Waals surface area contributed by atoms with E-state index in [4.69, 9.17) is 0 Å². The molecule has 1 aliphatic rings. The number of aliphatic hydroxyl groups excluding tert-OH is 1. The number of amides is 2. The summed E-state index contributed by atoms with van der Waals surface area (Å²) in [6.45, 7) is -0.135. The van der Waals surface area contributed by atoms with Gasteiger partial charge in [-0.25, -0.2) is 4.79 Å². The molecular weight excluding hydrogens is 288 g/mol. The Bertz CT molecular complexity index is 670. The highest BCUT2D eigenvalue weighted by atomic mass is 16.3. The third-order valence-corrected chi connectivity index (χ3v) is 4.33. The van der Waals surface area contributed by atoms with E-state index in [-0.39, 0.29) is 12.6 Å². The van der Waals surface area contributed by atoms with E-state index in [9.17, 15) is 9.90 Å². The molecule has 0 radical (unpaired) electrons. The van der Waals surface area contributed by atoms with Crippen molar-refractivity contribution in [2.45, 2.75) is 31.7 Å². The molecule has 0 unspecified atom stereocenters. The average molecular weight is 310 g/mol. The van der Waals surface area contributed by atoms with E-state index in [1.807, 2.05) is 42.5 Å². The molecule has 4 nitrogen and oxygen atoms in total. The molecule has 0 saturated heterocycles. The third kappa shape index (κ3) is 3.71. The number of hydrogen-bond donors (Lipinski definition) is 3. The summed E-state index contributed by atoms with van der Waals surface area (Å²) in [4.78, 5) is 12.3. The van der Waals surface area contributed by atoms with Crippen molar-refractivity contribution < 1.29 is 9.90 Å². The van der Waals surface area contributed by atoms with Gasteiger partial charge in [0.15, 0.2) is 0 Å². The summed E-state index contributed by atoms with van der Waals surface area (Å²) in [5, 5.41) is 15.3. The van der Waals surface area contributed by atoms with E-state index >= 15 is 0 Å². The normalized spacial score (nSPS) is 14.7. The number of rotatable bonds is 4. The SMILES string of the molecule is O=C(Nc1cccc2c1CCCC2)N[C@H](CO)c1ccccc1. The second kappa shape index (κ2) is 7.29. The molecule has 23 heavy (non-hydrogen) atoms. The van der Waals surface area contributed by atoms with Gasteiger partial charge in [-0.15, -0.1) is 0 Å². The maximum atomic E-state index is 12.3. The molecule has 4 heteroatoms. The maximum Gasteiger partial charge on any atom is 0.319 e. The molecule has 1 aliphatic carbocycles. The average Bonchev–Trinajstić information content (AvgIpc) is 2.61. The first-order valence-electron chi connectivity index (χ1n) is 8.12. The molecule has 2 aromatic rings. The molecular formula is C19H22N2O2. The summed E-state index contributed by atoms with van der Waals surface area (Å²) in [5.74, 6) is 0. The molecule has 0 heterocycles. The van der Waals surface area contributed by atoms with E-state index in [0.717, 1.165) is 30.5 Å². The molecule has 3 rings (SSSR count). The van der Waals surface area contributed by atoms with Gasteiger partial charge in [0.05, 0.1) is 12.6 Å². The molecule has 0 aliphatic heterocycles. The van der Waals surface area contributed by atoms with Gasteiger partial charge in [0, 0.05) is 5.69 Å². The van der Waals surface area contributed by atoms with Crippen LogP contribution in [0.3, 0.4) is 0 Å². The summed E-state index contributed by atoms with van der Waals surface area (Å²) in [7, 11) is 0. The van der Waals surface area contributed by atoms with Crippen molar-refractivity contribution in [1.29, 1.82) is 0 Å². The summed E-state index contributed by atoms with van der Waals surface area (Å²) in [6.07, 6.45) is 4.46. The van der Waals surface area contributed by atoms with Crippen LogP contribution in [0.4, 0.5) is 10.5 Å². The van der Waals surface area contributed by atoms with Crippen LogP contribution >= 0.6 is 0 Å². The fraction of sp³-hybridized carbons (Fsp3) is 0.316. The lowest BCUT2D eigenvalue weighted by molar-refractivity contribution is 0.225. The van der Waals surface area contributed by atoms with E-state index in [2.05, 4.69) is 16.7 Å². The van der Waals surface area contributed by atoms with Crippen LogP contribution in [-0.2, 0) is 12.8 Å². The van der Waals surface area contributed by atoms with Gasteiger partial charge < -0.3 is 15.7 Å². The summed E-state index contributed by atoms with van der Waals surface area (Å²) in [6, 6.07) is 14.9. The van der Waals surface area contributed by atoms with Crippen LogP contribution in [0.1, 0.15) is 35.6 Å². The van der Waals surface area contributed by atoms with Crippen LogP contribution in [0.25, 0.3) is 0 Å². The highest BCUT2D eigenvalue weighted by Crippen LogP contribution is 2.27. The minimum absolute atomic E-state index is 0.135. The molecule has 0 aromatic heterocycles. The fourth-order valence-corrected chi connectivity index (χ4v) is 3.13. The number of carbonyl (C=O) groups excluding carboxylic acids is 1. The predicted octanol–water partition coefficient (Wildman–Crippen LogP) is 3.42. The Hall–Kier alpha value is -2.33. The zero-order chi connectivity index (χ0) is 16.1. The number of carbonyl (C=O) groups is 1. The predicted molar refractivity (Wildman–Crippen MR) is 91.5 cm³/mol. The zero-order valence-electron chi connectivity index (χ0n) is 13.1. The standard InChI is InChI=1S/C19H22N2O2/c22-13-18(15-8-2-1-3-9-15)21-19(23)20-17-12-6-10-14-7-4-5-11-16(14)17/h1-3,6,8-10,12,18,22H,4-5,7,11,13H2,(H2,20,21,23)/t18-/m1/s1. The third-order valence-electron chi connectivity index (χ3n) is 4.33. The van der Waals surface area contributed by atoms with Gasteiger partial charge in [-0.05, 0) is 48.4 Å². The van der Waals surface area contributed by atoms with E-state index in [1.54, 1.807) is 0 Å². The number of aryl methyl sites for hydroxylation is 1. The van der Waals surface area contributed by atoms with Crippen molar-refractivity contribution in [3.05, 3.63) is 65.2 Å². The van der Waals surface area contributed by atoms with E-state index < -0.39 is 6.04 Å². The number of urea groups is 1. The van der Waals surface area contributed by atoms with Gasteiger partial charge in [-0.3, -0.25) is 0 Å². The van der Waals surface area contributed by atoms with Crippen LogP contribution in [0.5, 0.6) is 0 Å². The highest BCUT2D eigenvalue weighted by Gasteiger charge is 2.17. The Labute approximate surface area is 136 Å². The van der Waals surface area contributed by atoms with Gasteiger partial charge in [0.1, 0.15) is 0 Å². The van der Waals surface area contributed by atoms with Crippen molar-refractivity contribution in [3.8, 4) is 0 Å². The molecule has 0 fully saturated rings. The summed E-state index contributed by atoms with van der Waals surface area (Å²) >= 11 is 0. The Morgan fingerprint density at radius 1 is 1.04 bits per heavy atom. The van der Waals surface area contributed by atoms with Gasteiger partial charge in [0.25, 0.3) is 0 Å².